The molecule has 1 aromatic carbocycles. The third-order valence-electron chi connectivity index (χ3n) is 3.22. The maximum atomic E-state index is 6.28. The van der Waals surface area contributed by atoms with Gasteiger partial charge in [0.25, 0.3) is 0 Å². The Kier molecular flexibility index (Phi) is 3.39. The molecule has 0 spiro atoms. The molecule has 7 heteroatoms. The van der Waals surface area contributed by atoms with E-state index in [1.165, 1.54) is 0 Å². The number of aliphatic imine (C=N–C) groups is 2. The highest BCUT2D eigenvalue weighted by Gasteiger charge is 2.31. The lowest BCUT2D eigenvalue weighted by molar-refractivity contribution is 0.540. The Labute approximate surface area is 131 Å². The van der Waals surface area contributed by atoms with Crippen molar-refractivity contribution in [1.29, 1.82) is 0 Å². The van der Waals surface area contributed by atoms with Gasteiger partial charge >= 0.3 is 0 Å². The lowest BCUT2D eigenvalue weighted by Crippen LogP contribution is -2.17. The van der Waals surface area contributed by atoms with Gasteiger partial charge in [-0.05, 0) is 25.1 Å². The summed E-state index contributed by atoms with van der Waals surface area (Å²) in [5.41, 5.74) is 6.99. The minimum absolute atomic E-state index is 0.161. The van der Waals surface area contributed by atoms with Crippen molar-refractivity contribution in [2.75, 3.05) is 5.73 Å². The molecule has 21 heavy (non-hydrogen) atoms. The Morgan fingerprint density at radius 3 is 2.52 bits per heavy atom. The molecule has 0 atom stereocenters. The standard InChI is InChI=1S/C14H11Cl2N5/c1-14(19-4-5-20-14)10-7-18-13(17)21-12(10)9-3-2-8(15)6-11(9)16/h2-7H,1H3,(H2,17,18,21). The summed E-state index contributed by atoms with van der Waals surface area (Å²) in [6.07, 6.45) is 4.91. The fourth-order valence-corrected chi connectivity index (χ4v) is 2.66. The Bertz CT molecular complexity index is 758. The zero-order valence-electron chi connectivity index (χ0n) is 11.1. The number of nitrogens with zero attached hydrogens (tertiary/aromatic N) is 4. The average molecular weight is 320 g/mol. The molecule has 2 aromatic rings. The molecule has 0 radical (unpaired) electrons. The molecule has 0 fully saturated rings. The Morgan fingerprint density at radius 2 is 1.86 bits per heavy atom. The molecule has 2 N–H and O–H groups in total. The van der Waals surface area contributed by atoms with Crippen molar-refractivity contribution in [3.8, 4) is 11.3 Å². The molecule has 0 bridgehead atoms. The second-order valence-corrected chi connectivity index (χ2v) is 5.54. The lowest BCUT2D eigenvalue weighted by atomic mass is 9.98. The number of nitrogen functional groups attached to an aromatic ring is 1. The van der Waals surface area contributed by atoms with Gasteiger partial charge in [0, 0.05) is 34.8 Å². The van der Waals surface area contributed by atoms with Crippen molar-refractivity contribution in [2.24, 2.45) is 9.98 Å². The van der Waals surface area contributed by atoms with Crippen LogP contribution >= 0.6 is 23.2 Å². The van der Waals surface area contributed by atoms with Crippen molar-refractivity contribution in [1.82, 2.24) is 9.97 Å². The molecule has 3 rings (SSSR count). The van der Waals surface area contributed by atoms with Gasteiger partial charge in [-0.3, -0.25) is 9.98 Å². The van der Waals surface area contributed by atoms with Gasteiger partial charge in [-0.25, -0.2) is 9.97 Å². The van der Waals surface area contributed by atoms with Crippen LogP contribution in [0.15, 0.2) is 34.4 Å². The topological polar surface area (TPSA) is 76.5 Å². The van der Waals surface area contributed by atoms with Gasteiger partial charge in [0.2, 0.25) is 5.95 Å². The van der Waals surface area contributed by atoms with Crippen molar-refractivity contribution < 1.29 is 0 Å². The molecule has 1 aliphatic rings. The molecule has 5 nitrogen and oxygen atoms in total. The molecule has 106 valence electrons. The summed E-state index contributed by atoms with van der Waals surface area (Å²) in [5, 5.41) is 1.03. The Balaban J connectivity index is 2.24. The van der Waals surface area contributed by atoms with Crippen LogP contribution in [0.5, 0.6) is 0 Å². The van der Waals surface area contributed by atoms with Crippen LogP contribution in [0.2, 0.25) is 10.0 Å². The van der Waals surface area contributed by atoms with E-state index in [1.54, 1.807) is 36.8 Å². The number of hydrogen-bond acceptors (Lipinski definition) is 5. The Morgan fingerprint density at radius 1 is 1.14 bits per heavy atom. The molecule has 0 saturated heterocycles. The first-order valence-corrected chi connectivity index (χ1v) is 6.93. The molecular formula is C14H11Cl2N5. The summed E-state index contributed by atoms with van der Waals surface area (Å²) in [4.78, 5) is 17.1. The minimum atomic E-state index is -0.772. The van der Waals surface area contributed by atoms with Crippen LogP contribution in [0.4, 0.5) is 5.95 Å². The first-order valence-electron chi connectivity index (χ1n) is 6.17. The van der Waals surface area contributed by atoms with Crippen molar-refractivity contribution >= 4 is 41.6 Å². The van der Waals surface area contributed by atoms with E-state index in [1.807, 2.05) is 6.92 Å². The summed E-state index contributed by atoms with van der Waals surface area (Å²) in [5.74, 6) is 0.161. The lowest BCUT2D eigenvalue weighted by Gasteiger charge is -2.21. The summed E-state index contributed by atoms with van der Waals surface area (Å²) >= 11 is 12.2. The molecule has 0 aliphatic carbocycles. The van der Waals surface area contributed by atoms with Crippen LogP contribution in [0.1, 0.15) is 12.5 Å². The largest absolute Gasteiger partial charge is 0.368 e. The number of rotatable bonds is 2. The van der Waals surface area contributed by atoms with E-state index >= 15 is 0 Å². The highest BCUT2D eigenvalue weighted by atomic mass is 35.5. The zero-order chi connectivity index (χ0) is 15.0. The quantitative estimate of drug-likeness (QED) is 0.922. The number of benzene rings is 1. The monoisotopic (exact) mass is 319 g/mol. The van der Waals surface area contributed by atoms with E-state index in [0.717, 1.165) is 5.56 Å². The number of hydrogen-bond donors (Lipinski definition) is 1. The van der Waals surface area contributed by atoms with Crippen molar-refractivity contribution in [3.63, 3.8) is 0 Å². The van der Waals surface area contributed by atoms with E-state index in [0.29, 0.717) is 21.3 Å². The van der Waals surface area contributed by atoms with E-state index in [4.69, 9.17) is 28.9 Å². The van der Waals surface area contributed by atoms with E-state index in [9.17, 15) is 0 Å². The van der Waals surface area contributed by atoms with Crippen molar-refractivity contribution in [2.45, 2.75) is 12.6 Å². The molecule has 2 heterocycles. The molecular weight excluding hydrogens is 309 g/mol. The van der Waals surface area contributed by atoms with Gasteiger partial charge in [0.15, 0.2) is 5.66 Å². The van der Waals surface area contributed by atoms with Gasteiger partial charge < -0.3 is 5.73 Å². The summed E-state index contributed by atoms with van der Waals surface area (Å²) in [6, 6.07) is 5.19. The number of halogens is 2. The van der Waals surface area contributed by atoms with Crippen LogP contribution in [0, 0.1) is 0 Å². The van der Waals surface area contributed by atoms with Crippen LogP contribution < -0.4 is 5.73 Å². The maximum absolute atomic E-state index is 6.28. The third-order valence-corrected chi connectivity index (χ3v) is 3.77. The van der Waals surface area contributed by atoms with E-state index < -0.39 is 5.66 Å². The predicted molar refractivity (Wildman–Crippen MR) is 86.2 cm³/mol. The predicted octanol–water partition coefficient (Wildman–Crippen LogP) is 3.36. The van der Waals surface area contributed by atoms with Crippen molar-refractivity contribution in [3.05, 3.63) is 40.0 Å². The maximum Gasteiger partial charge on any atom is 0.220 e. The molecule has 1 aliphatic heterocycles. The minimum Gasteiger partial charge on any atom is -0.368 e. The number of aromatic nitrogens is 2. The van der Waals surface area contributed by atoms with Gasteiger partial charge in [-0.15, -0.1) is 0 Å². The van der Waals surface area contributed by atoms with Crippen LogP contribution in [-0.4, -0.2) is 22.4 Å². The number of anilines is 1. The fourth-order valence-electron chi connectivity index (χ4n) is 2.16. The second-order valence-electron chi connectivity index (χ2n) is 4.69. The summed E-state index contributed by atoms with van der Waals surface area (Å²) in [7, 11) is 0. The normalized spacial score (nSPS) is 15.6. The SMILES string of the molecule is CC1(c2cnc(N)nc2-c2ccc(Cl)cc2Cl)N=CC=N1. The van der Waals surface area contributed by atoms with Gasteiger partial charge in [-0.1, -0.05) is 23.2 Å². The van der Waals surface area contributed by atoms with Crippen LogP contribution in [-0.2, 0) is 5.66 Å². The van der Waals surface area contributed by atoms with Gasteiger partial charge in [0.1, 0.15) is 0 Å². The van der Waals surface area contributed by atoms with Crippen LogP contribution in [0.3, 0.4) is 0 Å². The van der Waals surface area contributed by atoms with E-state index in [2.05, 4.69) is 20.0 Å². The number of nitrogens with two attached hydrogens (primary N) is 1. The Hall–Kier alpha value is -1.98. The molecule has 1 aromatic heterocycles. The first kappa shape index (κ1) is 14.0. The molecule has 0 unspecified atom stereocenters. The summed E-state index contributed by atoms with van der Waals surface area (Å²) in [6.45, 7) is 1.87. The van der Waals surface area contributed by atoms with E-state index in [-0.39, 0.29) is 5.95 Å². The highest BCUT2D eigenvalue weighted by molar-refractivity contribution is 6.36. The second kappa shape index (κ2) is 5.09. The zero-order valence-corrected chi connectivity index (χ0v) is 12.6. The molecule has 0 saturated carbocycles. The average Bonchev–Trinajstić information content (AvgIpc) is 2.86. The summed E-state index contributed by atoms with van der Waals surface area (Å²) < 4.78 is 0. The van der Waals surface area contributed by atoms with Gasteiger partial charge in [-0.2, -0.15) is 0 Å². The smallest absolute Gasteiger partial charge is 0.220 e. The van der Waals surface area contributed by atoms with Gasteiger partial charge in [0.05, 0.1) is 10.7 Å². The highest BCUT2D eigenvalue weighted by Crippen LogP contribution is 2.38. The molecule has 0 amide bonds. The first-order chi connectivity index (χ1) is 9.99. The third kappa shape index (κ3) is 2.50. The van der Waals surface area contributed by atoms with Crippen LogP contribution in [0.25, 0.3) is 11.3 Å². The fraction of sp³-hybridized carbons (Fsp3) is 0.143.